The van der Waals surface area contributed by atoms with Crippen LogP contribution in [0.1, 0.15) is 10.4 Å². The zero-order valence-corrected chi connectivity index (χ0v) is 17.6. The summed E-state index contributed by atoms with van der Waals surface area (Å²) >= 11 is 1.63. The molecule has 9 heteroatoms. The number of aromatic nitrogens is 2. The number of fused-ring (bicyclic) bond motifs is 2. The molecule has 30 heavy (non-hydrogen) atoms. The van der Waals surface area contributed by atoms with E-state index in [2.05, 4.69) is 32.3 Å². The van der Waals surface area contributed by atoms with Gasteiger partial charge in [-0.3, -0.25) is 9.69 Å². The van der Waals surface area contributed by atoms with E-state index in [9.17, 15) is 4.79 Å². The van der Waals surface area contributed by atoms with Crippen LogP contribution < -0.4 is 14.8 Å². The second-order valence-corrected chi connectivity index (χ2v) is 8.73. The van der Waals surface area contributed by atoms with Crippen LogP contribution in [-0.2, 0) is 11.3 Å². The first-order chi connectivity index (χ1) is 14.7. The Kier molecular flexibility index (Phi) is 5.14. The number of hydrogen-bond acceptors (Lipinski definition) is 8. The summed E-state index contributed by atoms with van der Waals surface area (Å²) < 4.78 is 10.8. The Labute approximate surface area is 178 Å². The molecule has 1 fully saturated rings. The molecule has 1 aromatic carbocycles. The number of aryl methyl sites for hydroxylation is 1. The maximum Gasteiger partial charge on any atom is 0.242 e. The number of nitrogens with one attached hydrogen (secondary N) is 1. The van der Waals surface area contributed by atoms with Crippen molar-refractivity contribution in [1.82, 2.24) is 19.8 Å². The van der Waals surface area contributed by atoms with E-state index in [1.807, 2.05) is 24.0 Å². The first kappa shape index (κ1) is 19.1. The molecule has 0 aliphatic carbocycles. The number of amides is 1. The van der Waals surface area contributed by atoms with Crippen LogP contribution >= 0.6 is 11.3 Å². The van der Waals surface area contributed by atoms with Crippen LogP contribution in [0.25, 0.3) is 10.2 Å². The highest BCUT2D eigenvalue weighted by molar-refractivity contribution is 7.18. The second-order valence-electron chi connectivity index (χ2n) is 7.50. The first-order valence-electron chi connectivity index (χ1n) is 9.99. The molecule has 1 amide bonds. The fourth-order valence-electron chi connectivity index (χ4n) is 3.84. The van der Waals surface area contributed by atoms with Gasteiger partial charge in [0.05, 0.1) is 11.9 Å². The number of rotatable bonds is 5. The summed E-state index contributed by atoms with van der Waals surface area (Å²) in [5.74, 6) is 2.43. The van der Waals surface area contributed by atoms with Gasteiger partial charge in [-0.25, -0.2) is 9.97 Å². The van der Waals surface area contributed by atoms with Crippen LogP contribution in [0, 0.1) is 6.92 Å². The summed E-state index contributed by atoms with van der Waals surface area (Å²) in [6, 6.07) is 8.13. The molecule has 2 aromatic heterocycles. The number of piperazine rings is 1. The Balaban J connectivity index is 1.13. The Hall–Kier alpha value is -2.91. The molecule has 0 atom stereocenters. The lowest BCUT2D eigenvalue weighted by molar-refractivity contribution is -0.131. The zero-order chi connectivity index (χ0) is 20.5. The minimum atomic E-state index is 0.0939. The van der Waals surface area contributed by atoms with Gasteiger partial charge in [-0.15, -0.1) is 11.3 Å². The maximum absolute atomic E-state index is 12.7. The number of anilines is 1. The predicted octanol–water partition coefficient (Wildman–Crippen LogP) is 2.48. The lowest BCUT2D eigenvalue weighted by Crippen LogP contribution is -2.49. The Morgan fingerprint density at radius 1 is 1.13 bits per heavy atom. The van der Waals surface area contributed by atoms with Gasteiger partial charge in [-0.2, -0.15) is 0 Å². The summed E-state index contributed by atoms with van der Waals surface area (Å²) in [7, 11) is 0. The van der Waals surface area contributed by atoms with Crippen molar-refractivity contribution in [2.24, 2.45) is 0 Å². The Morgan fingerprint density at radius 2 is 1.97 bits per heavy atom. The lowest BCUT2D eigenvalue weighted by atomic mass is 10.1. The second kappa shape index (κ2) is 8.08. The molecular weight excluding hydrogens is 402 g/mol. The van der Waals surface area contributed by atoms with E-state index < -0.39 is 0 Å². The van der Waals surface area contributed by atoms with Crippen LogP contribution in [0.3, 0.4) is 0 Å². The van der Waals surface area contributed by atoms with Gasteiger partial charge < -0.3 is 19.7 Å². The minimum absolute atomic E-state index is 0.0939. The molecule has 0 bridgehead atoms. The van der Waals surface area contributed by atoms with Crippen molar-refractivity contribution in [3.8, 4) is 11.5 Å². The fraction of sp³-hybridized carbons (Fsp3) is 0.381. The maximum atomic E-state index is 12.7. The van der Waals surface area contributed by atoms with Crippen molar-refractivity contribution in [2.45, 2.75) is 13.5 Å². The number of hydrogen-bond donors (Lipinski definition) is 1. The van der Waals surface area contributed by atoms with E-state index in [4.69, 9.17) is 9.47 Å². The number of thiophene rings is 1. The van der Waals surface area contributed by atoms with Crippen molar-refractivity contribution in [2.75, 3.05) is 44.8 Å². The van der Waals surface area contributed by atoms with Gasteiger partial charge >= 0.3 is 0 Å². The summed E-state index contributed by atoms with van der Waals surface area (Å²) in [5, 5.41) is 4.17. The third-order valence-electron chi connectivity index (χ3n) is 5.43. The van der Waals surface area contributed by atoms with Gasteiger partial charge in [0.25, 0.3) is 0 Å². The average Bonchev–Trinajstić information content (AvgIpc) is 3.37. The van der Waals surface area contributed by atoms with Gasteiger partial charge in [0.15, 0.2) is 11.5 Å². The highest BCUT2D eigenvalue weighted by Crippen LogP contribution is 2.33. The standard InChI is InChI=1S/C21H23N5O3S/c1-14-8-16-20(23-12-24-21(16)30-14)22-10-19(27)26-6-4-25(5-7-26)11-15-2-3-17-18(9-15)29-13-28-17/h2-3,8-9,12H,4-7,10-11,13H2,1H3,(H,22,23,24). The summed E-state index contributed by atoms with van der Waals surface area (Å²) in [5.41, 5.74) is 1.19. The van der Waals surface area contributed by atoms with Gasteiger partial charge in [0.1, 0.15) is 17.0 Å². The molecule has 2 aliphatic rings. The van der Waals surface area contributed by atoms with Gasteiger partial charge in [0.2, 0.25) is 12.7 Å². The topological polar surface area (TPSA) is 79.8 Å². The van der Waals surface area contributed by atoms with Crippen molar-refractivity contribution in [1.29, 1.82) is 0 Å². The molecule has 0 saturated carbocycles. The average molecular weight is 426 g/mol. The summed E-state index contributed by atoms with van der Waals surface area (Å²) in [4.78, 5) is 27.7. The van der Waals surface area contributed by atoms with E-state index in [0.717, 1.165) is 60.3 Å². The normalized spacial score (nSPS) is 16.2. The molecular formula is C21H23N5O3S. The molecule has 1 saturated heterocycles. The van der Waals surface area contributed by atoms with Gasteiger partial charge in [-0.05, 0) is 30.7 Å². The van der Waals surface area contributed by atoms with Crippen molar-refractivity contribution < 1.29 is 14.3 Å². The number of benzene rings is 1. The molecule has 0 spiro atoms. The number of carbonyl (C=O) groups excluding carboxylic acids is 1. The highest BCUT2D eigenvalue weighted by atomic mass is 32.1. The van der Waals surface area contributed by atoms with Gasteiger partial charge in [-0.1, -0.05) is 6.07 Å². The molecule has 0 unspecified atom stereocenters. The van der Waals surface area contributed by atoms with E-state index in [-0.39, 0.29) is 12.5 Å². The molecule has 156 valence electrons. The quantitative estimate of drug-likeness (QED) is 0.673. The van der Waals surface area contributed by atoms with Crippen molar-refractivity contribution in [3.05, 3.63) is 41.0 Å². The third kappa shape index (κ3) is 3.90. The van der Waals surface area contributed by atoms with Crippen LogP contribution in [0.15, 0.2) is 30.6 Å². The van der Waals surface area contributed by atoms with Crippen LogP contribution in [0.2, 0.25) is 0 Å². The van der Waals surface area contributed by atoms with Crippen molar-refractivity contribution >= 4 is 33.3 Å². The molecule has 1 N–H and O–H groups in total. The largest absolute Gasteiger partial charge is 0.454 e. The lowest BCUT2D eigenvalue weighted by Gasteiger charge is -2.34. The first-order valence-corrected chi connectivity index (χ1v) is 10.8. The number of ether oxygens (including phenoxy) is 2. The van der Waals surface area contributed by atoms with Crippen LogP contribution in [0.4, 0.5) is 5.82 Å². The monoisotopic (exact) mass is 425 g/mol. The third-order valence-corrected chi connectivity index (χ3v) is 6.39. The molecule has 8 nitrogen and oxygen atoms in total. The molecule has 3 aromatic rings. The van der Waals surface area contributed by atoms with E-state index in [1.165, 1.54) is 10.4 Å². The predicted molar refractivity (Wildman–Crippen MR) is 115 cm³/mol. The smallest absolute Gasteiger partial charge is 0.242 e. The molecule has 5 rings (SSSR count). The van der Waals surface area contributed by atoms with E-state index >= 15 is 0 Å². The van der Waals surface area contributed by atoms with Gasteiger partial charge in [0, 0.05) is 37.6 Å². The summed E-state index contributed by atoms with van der Waals surface area (Å²) in [6.07, 6.45) is 1.54. The van der Waals surface area contributed by atoms with Crippen LogP contribution in [-0.4, -0.2) is 65.2 Å². The van der Waals surface area contributed by atoms with Crippen LogP contribution in [0.5, 0.6) is 11.5 Å². The molecule has 2 aliphatic heterocycles. The SMILES string of the molecule is Cc1cc2c(NCC(=O)N3CCN(Cc4ccc5c(c4)OCO5)CC3)ncnc2s1. The Bertz CT molecular complexity index is 1080. The van der Waals surface area contributed by atoms with Crippen molar-refractivity contribution in [3.63, 3.8) is 0 Å². The zero-order valence-electron chi connectivity index (χ0n) is 16.8. The highest BCUT2D eigenvalue weighted by Gasteiger charge is 2.22. The van der Waals surface area contributed by atoms with E-state index in [1.54, 1.807) is 17.7 Å². The fourth-order valence-corrected chi connectivity index (χ4v) is 4.69. The Morgan fingerprint density at radius 3 is 2.83 bits per heavy atom. The van der Waals surface area contributed by atoms with E-state index in [0.29, 0.717) is 6.79 Å². The summed E-state index contributed by atoms with van der Waals surface area (Å²) in [6.45, 7) is 6.56. The number of carbonyl (C=O) groups is 1. The molecule has 0 radical (unpaired) electrons. The number of nitrogens with zero attached hydrogens (tertiary/aromatic N) is 4. The molecule has 4 heterocycles. The minimum Gasteiger partial charge on any atom is -0.454 e.